The van der Waals surface area contributed by atoms with Crippen LogP contribution in [0.1, 0.15) is 0 Å². The molecule has 0 spiro atoms. The Morgan fingerprint density at radius 2 is 1.00 bits per heavy atom. The van der Waals surface area contributed by atoms with Crippen LogP contribution in [0.15, 0.2) is 192 Å². The topological polar surface area (TPSA) is 16.4 Å². The molecule has 11 aromatic rings. The van der Waals surface area contributed by atoms with Gasteiger partial charge in [0.25, 0.3) is 0 Å². The van der Waals surface area contributed by atoms with Gasteiger partial charge in [-0.15, -0.1) is 11.3 Å². The first-order chi connectivity index (χ1) is 26.3. The summed E-state index contributed by atoms with van der Waals surface area (Å²) in [5.41, 5.74) is 9.92. The molecule has 0 saturated carbocycles. The first-order valence-corrected chi connectivity index (χ1v) is 18.8. The summed E-state index contributed by atoms with van der Waals surface area (Å²) in [5.74, 6) is 0. The van der Waals surface area contributed by atoms with Gasteiger partial charge in [-0.1, -0.05) is 133 Å². The Bertz CT molecular complexity index is 3180. The summed E-state index contributed by atoms with van der Waals surface area (Å²) in [4.78, 5) is 2.42. The van der Waals surface area contributed by atoms with Crippen LogP contribution in [-0.2, 0) is 0 Å². The number of benzene rings is 9. The van der Waals surface area contributed by atoms with Gasteiger partial charge in [0.1, 0.15) is 11.2 Å². The summed E-state index contributed by atoms with van der Waals surface area (Å²) >= 11 is 1.87. The van der Waals surface area contributed by atoms with Gasteiger partial charge in [0.2, 0.25) is 0 Å². The molecule has 248 valence electrons. The van der Waals surface area contributed by atoms with Gasteiger partial charge in [0.15, 0.2) is 0 Å². The third kappa shape index (κ3) is 4.86. The van der Waals surface area contributed by atoms with Crippen LogP contribution < -0.4 is 4.90 Å². The average Bonchev–Trinajstić information content (AvgIpc) is 3.78. The maximum Gasteiger partial charge on any atom is 0.136 e. The molecule has 11 rings (SSSR count). The van der Waals surface area contributed by atoms with Crippen molar-refractivity contribution in [3.8, 4) is 22.3 Å². The molecule has 0 saturated heterocycles. The molecule has 0 N–H and O–H groups in total. The van der Waals surface area contributed by atoms with E-state index in [1.165, 1.54) is 52.8 Å². The Morgan fingerprint density at radius 1 is 0.377 bits per heavy atom. The predicted molar refractivity (Wildman–Crippen MR) is 227 cm³/mol. The van der Waals surface area contributed by atoms with E-state index in [1.807, 2.05) is 11.3 Å². The molecular weight excluding hydrogens is 663 g/mol. The summed E-state index contributed by atoms with van der Waals surface area (Å²) < 4.78 is 9.04. The molecule has 53 heavy (non-hydrogen) atoms. The van der Waals surface area contributed by atoms with Crippen LogP contribution in [0, 0.1) is 0 Å². The minimum absolute atomic E-state index is 0.895. The molecule has 0 atom stereocenters. The quantitative estimate of drug-likeness (QED) is 0.178. The Morgan fingerprint density at radius 3 is 1.89 bits per heavy atom. The maximum absolute atomic E-state index is 6.40. The predicted octanol–water partition coefficient (Wildman–Crippen LogP) is 15.1. The molecule has 0 amide bonds. The fourth-order valence-corrected chi connectivity index (χ4v) is 9.36. The Labute approximate surface area is 310 Å². The zero-order chi connectivity index (χ0) is 34.9. The van der Waals surface area contributed by atoms with E-state index in [0.29, 0.717) is 0 Å². The third-order valence-electron chi connectivity index (χ3n) is 10.6. The summed E-state index contributed by atoms with van der Waals surface area (Å²) in [6.07, 6.45) is 0. The molecule has 2 nitrogen and oxygen atoms in total. The highest BCUT2D eigenvalue weighted by atomic mass is 32.1. The molecule has 0 radical (unpaired) electrons. The average molecular weight is 694 g/mol. The van der Waals surface area contributed by atoms with Crippen molar-refractivity contribution in [3.63, 3.8) is 0 Å². The number of hydrogen-bond donors (Lipinski definition) is 0. The van der Waals surface area contributed by atoms with Gasteiger partial charge < -0.3 is 9.32 Å². The minimum atomic E-state index is 0.895. The second-order valence-electron chi connectivity index (χ2n) is 13.7. The lowest BCUT2D eigenvalue weighted by atomic mass is 9.98. The lowest BCUT2D eigenvalue weighted by Gasteiger charge is -2.29. The van der Waals surface area contributed by atoms with Gasteiger partial charge in [-0.25, -0.2) is 0 Å². The zero-order valence-electron chi connectivity index (χ0n) is 28.7. The summed E-state index contributed by atoms with van der Waals surface area (Å²) in [6, 6.07) is 68.1. The van der Waals surface area contributed by atoms with E-state index in [-0.39, 0.29) is 0 Å². The normalized spacial score (nSPS) is 11.8. The Balaban J connectivity index is 1.09. The standard InChI is InChI=1S/C50H31NOS/c1-2-13-35-31-48-44(29-34(35)12-1)43-30-36(25-28-47(43)52-48)39-16-5-7-20-45(39)51(46-21-9-14-32-11-3-4-15-38(32)46)37-26-23-33(24-27-37)40-18-10-19-42-41-17-6-8-22-49(41)53-50(40)42/h1-31H. The number of anilines is 3. The van der Waals surface area contributed by atoms with Crippen LogP contribution in [0.3, 0.4) is 0 Å². The first kappa shape index (κ1) is 30.0. The lowest BCUT2D eigenvalue weighted by Crippen LogP contribution is -2.11. The van der Waals surface area contributed by atoms with E-state index in [2.05, 4.69) is 193 Å². The first-order valence-electron chi connectivity index (χ1n) is 18.0. The molecule has 3 heteroatoms. The highest BCUT2D eigenvalue weighted by molar-refractivity contribution is 7.26. The number of fused-ring (bicyclic) bond motifs is 8. The molecule has 0 fully saturated rings. The molecule has 9 aromatic carbocycles. The lowest BCUT2D eigenvalue weighted by molar-refractivity contribution is 0.669. The summed E-state index contributed by atoms with van der Waals surface area (Å²) in [5, 5.41) is 9.69. The maximum atomic E-state index is 6.40. The monoisotopic (exact) mass is 693 g/mol. The SMILES string of the molecule is c1ccc(N(c2ccc(-c3cccc4c3sc3ccccc34)cc2)c2cccc3ccccc23)c(-c2ccc3oc4cc5ccccc5cc4c3c2)c1. The summed E-state index contributed by atoms with van der Waals surface area (Å²) in [6.45, 7) is 0. The highest BCUT2D eigenvalue weighted by Gasteiger charge is 2.20. The number of rotatable bonds is 5. The second-order valence-corrected chi connectivity index (χ2v) is 14.7. The van der Waals surface area contributed by atoms with Crippen molar-refractivity contribution in [1.82, 2.24) is 0 Å². The molecule has 0 aliphatic carbocycles. The van der Waals surface area contributed by atoms with Gasteiger partial charge in [0.05, 0.1) is 11.4 Å². The van der Waals surface area contributed by atoms with Gasteiger partial charge in [-0.3, -0.25) is 0 Å². The van der Waals surface area contributed by atoms with Crippen LogP contribution >= 0.6 is 11.3 Å². The number of para-hydroxylation sites is 1. The van der Waals surface area contributed by atoms with Crippen molar-refractivity contribution in [2.45, 2.75) is 0 Å². The zero-order valence-corrected chi connectivity index (χ0v) is 29.5. The van der Waals surface area contributed by atoms with Crippen LogP contribution in [0.2, 0.25) is 0 Å². The van der Waals surface area contributed by atoms with E-state index in [1.54, 1.807) is 0 Å². The van der Waals surface area contributed by atoms with E-state index in [9.17, 15) is 0 Å². The van der Waals surface area contributed by atoms with Crippen LogP contribution in [0.4, 0.5) is 17.1 Å². The van der Waals surface area contributed by atoms with E-state index >= 15 is 0 Å². The van der Waals surface area contributed by atoms with Crippen molar-refractivity contribution in [3.05, 3.63) is 188 Å². The van der Waals surface area contributed by atoms with Crippen LogP contribution in [-0.4, -0.2) is 0 Å². The minimum Gasteiger partial charge on any atom is -0.456 e. The second kappa shape index (κ2) is 11.9. The third-order valence-corrected chi connectivity index (χ3v) is 11.9. The number of furan rings is 1. The fraction of sp³-hybridized carbons (Fsp3) is 0. The molecule has 2 heterocycles. The van der Waals surface area contributed by atoms with E-state index < -0.39 is 0 Å². The molecule has 0 unspecified atom stereocenters. The molecule has 2 aromatic heterocycles. The van der Waals surface area contributed by atoms with Gasteiger partial charge in [-0.05, 0) is 87.4 Å². The van der Waals surface area contributed by atoms with Gasteiger partial charge in [0, 0.05) is 47.6 Å². The molecule has 0 aliphatic heterocycles. The largest absolute Gasteiger partial charge is 0.456 e. The van der Waals surface area contributed by atoms with Crippen LogP contribution in [0.25, 0.3) is 85.9 Å². The van der Waals surface area contributed by atoms with Crippen molar-refractivity contribution in [1.29, 1.82) is 0 Å². The van der Waals surface area contributed by atoms with E-state index in [0.717, 1.165) is 50.1 Å². The van der Waals surface area contributed by atoms with Crippen molar-refractivity contribution >= 4 is 92.1 Å². The Hall–Kier alpha value is -6.68. The highest BCUT2D eigenvalue weighted by Crippen LogP contribution is 2.46. The molecule has 0 aliphatic rings. The summed E-state index contributed by atoms with van der Waals surface area (Å²) in [7, 11) is 0. The smallest absolute Gasteiger partial charge is 0.136 e. The Kier molecular flexibility index (Phi) is 6.76. The van der Waals surface area contributed by atoms with Gasteiger partial charge in [-0.2, -0.15) is 0 Å². The number of hydrogen-bond acceptors (Lipinski definition) is 3. The van der Waals surface area contributed by atoms with Crippen LogP contribution in [0.5, 0.6) is 0 Å². The number of thiophene rings is 1. The fourth-order valence-electron chi connectivity index (χ4n) is 8.12. The molecule has 0 bridgehead atoms. The van der Waals surface area contributed by atoms with Crippen molar-refractivity contribution in [2.75, 3.05) is 4.90 Å². The van der Waals surface area contributed by atoms with Crippen molar-refractivity contribution in [2.24, 2.45) is 0 Å². The van der Waals surface area contributed by atoms with Gasteiger partial charge >= 0.3 is 0 Å². The molecular formula is C50H31NOS. The van der Waals surface area contributed by atoms with E-state index in [4.69, 9.17) is 4.42 Å². The number of nitrogens with zero attached hydrogens (tertiary/aromatic N) is 1. The van der Waals surface area contributed by atoms with Crippen molar-refractivity contribution < 1.29 is 4.42 Å².